The number of aromatic hydroxyl groups is 5. The molecular formula is C21H20O13. The zero-order valence-corrected chi connectivity index (χ0v) is 17.1. The standard InChI is InChI=1S/C21H20O13/c22-5-11-14(28)16(30)17(31)21(32-11)34-20-15(29)12-9(25)4-10(26)13(27)19(12)33-18(20)6-1-2-7(23)8(24)3-6/h1-4,11,14,16-17,21-28,30-31H,5H2/t11-,14-,16+,17-,21+/m1/s1. The second-order valence-corrected chi connectivity index (χ2v) is 7.58. The first-order valence-electron chi connectivity index (χ1n) is 9.79. The molecule has 0 saturated carbocycles. The van der Waals surface area contributed by atoms with Gasteiger partial charge in [-0.2, -0.15) is 0 Å². The van der Waals surface area contributed by atoms with Crippen molar-refractivity contribution in [2.75, 3.05) is 6.61 Å². The lowest BCUT2D eigenvalue weighted by Crippen LogP contribution is -2.60. The molecule has 5 atom stereocenters. The lowest BCUT2D eigenvalue weighted by Gasteiger charge is -2.39. The molecule has 1 aromatic heterocycles. The number of aliphatic hydroxyl groups is 4. The summed E-state index contributed by atoms with van der Waals surface area (Å²) in [5.41, 5.74) is -1.85. The molecule has 1 fully saturated rings. The summed E-state index contributed by atoms with van der Waals surface area (Å²) >= 11 is 0. The molecule has 182 valence electrons. The van der Waals surface area contributed by atoms with Crippen molar-refractivity contribution in [3.63, 3.8) is 0 Å². The minimum Gasteiger partial charge on any atom is -0.507 e. The van der Waals surface area contributed by atoms with Gasteiger partial charge in [-0.25, -0.2) is 0 Å². The largest absolute Gasteiger partial charge is 0.507 e. The Morgan fingerprint density at radius 1 is 0.853 bits per heavy atom. The molecule has 0 spiro atoms. The highest BCUT2D eigenvalue weighted by Gasteiger charge is 2.45. The summed E-state index contributed by atoms with van der Waals surface area (Å²) in [6.07, 6.45) is -8.64. The third-order valence-electron chi connectivity index (χ3n) is 5.38. The molecule has 1 saturated heterocycles. The van der Waals surface area contributed by atoms with Crippen molar-refractivity contribution in [2.24, 2.45) is 0 Å². The highest BCUT2D eigenvalue weighted by Crippen LogP contribution is 2.43. The van der Waals surface area contributed by atoms with Crippen LogP contribution in [0.5, 0.6) is 34.5 Å². The summed E-state index contributed by atoms with van der Waals surface area (Å²) in [6, 6.07) is 3.89. The molecule has 9 N–H and O–H groups in total. The lowest BCUT2D eigenvalue weighted by molar-refractivity contribution is -0.277. The van der Waals surface area contributed by atoms with Gasteiger partial charge in [-0.05, 0) is 18.2 Å². The Labute approximate surface area is 189 Å². The van der Waals surface area contributed by atoms with Gasteiger partial charge in [0.05, 0.1) is 6.61 Å². The van der Waals surface area contributed by atoms with Gasteiger partial charge in [-0.15, -0.1) is 0 Å². The van der Waals surface area contributed by atoms with Crippen LogP contribution in [0.3, 0.4) is 0 Å². The first-order chi connectivity index (χ1) is 16.0. The summed E-state index contributed by atoms with van der Waals surface area (Å²) in [4.78, 5) is 13.3. The molecule has 3 aromatic rings. The second kappa shape index (κ2) is 8.55. The van der Waals surface area contributed by atoms with E-state index in [-0.39, 0.29) is 5.56 Å². The number of benzene rings is 2. The topological polar surface area (TPSA) is 231 Å². The number of rotatable bonds is 4. The Morgan fingerprint density at radius 2 is 1.56 bits per heavy atom. The Hall–Kier alpha value is -3.75. The van der Waals surface area contributed by atoms with Gasteiger partial charge in [0.1, 0.15) is 35.6 Å². The molecule has 1 aliphatic heterocycles. The smallest absolute Gasteiger partial charge is 0.239 e. The molecule has 2 heterocycles. The van der Waals surface area contributed by atoms with Crippen LogP contribution in [0, 0.1) is 0 Å². The molecule has 0 aliphatic carbocycles. The fraction of sp³-hybridized carbons (Fsp3) is 0.286. The van der Waals surface area contributed by atoms with E-state index in [1.54, 1.807) is 0 Å². The van der Waals surface area contributed by atoms with Crippen LogP contribution in [0.4, 0.5) is 0 Å². The third-order valence-corrected chi connectivity index (χ3v) is 5.38. The summed E-state index contributed by atoms with van der Waals surface area (Å²) in [6.45, 7) is -0.774. The normalized spacial score (nSPS) is 24.9. The van der Waals surface area contributed by atoms with E-state index in [1.165, 1.54) is 6.07 Å². The van der Waals surface area contributed by atoms with E-state index in [4.69, 9.17) is 13.9 Å². The van der Waals surface area contributed by atoms with E-state index in [1.807, 2.05) is 0 Å². The quantitative estimate of drug-likeness (QED) is 0.164. The summed E-state index contributed by atoms with van der Waals surface area (Å²) in [5.74, 6) is -4.86. The Kier molecular flexibility index (Phi) is 5.89. The molecular weight excluding hydrogens is 460 g/mol. The SMILES string of the molecule is O=c1c(O[C@@H]2O[C@H](CO)[C@@H](O)[C@H](O)[C@H]2O)c(-c2ccc(O)c(O)c2)oc2c(O)c(O)cc(O)c12. The van der Waals surface area contributed by atoms with Crippen LogP contribution in [-0.2, 0) is 4.74 Å². The molecule has 0 unspecified atom stereocenters. The number of phenolic OH excluding ortho intramolecular Hbond substituents is 5. The predicted octanol–water partition coefficient (Wildman–Crippen LogP) is -0.833. The molecule has 4 rings (SSSR count). The van der Waals surface area contributed by atoms with Gasteiger partial charge in [0.25, 0.3) is 0 Å². The molecule has 0 radical (unpaired) electrons. The summed E-state index contributed by atoms with van der Waals surface area (Å²) in [5, 5.41) is 88.7. The number of aliphatic hydroxyl groups excluding tert-OH is 4. The van der Waals surface area contributed by atoms with Crippen LogP contribution >= 0.6 is 0 Å². The summed E-state index contributed by atoms with van der Waals surface area (Å²) in [7, 11) is 0. The Bertz CT molecular complexity index is 1300. The average molecular weight is 480 g/mol. The van der Waals surface area contributed by atoms with Crippen molar-refractivity contribution in [2.45, 2.75) is 30.7 Å². The van der Waals surface area contributed by atoms with E-state index in [0.29, 0.717) is 6.07 Å². The minimum absolute atomic E-state index is 0.0869. The zero-order valence-electron chi connectivity index (χ0n) is 17.1. The Balaban J connectivity index is 1.95. The van der Waals surface area contributed by atoms with Gasteiger partial charge in [-0.1, -0.05) is 0 Å². The van der Waals surface area contributed by atoms with Crippen LogP contribution < -0.4 is 10.2 Å². The molecule has 0 amide bonds. The van der Waals surface area contributed by atoms with E-state index in [2.05, 4.69) is 0 Å². The molecule has 1 aliphatic rings. The van der Waals surface area contributed by atoms with Crippen molar-refractivity contribution >= 4 is 11.0 Å². The van der Waals surface area contributed by atoms with Gasteiger partial charge in [-0.3, -0.25) is 4.79 Å². The molecule has 13 nitrogen and oxygen atoms in total. The minimum atomic E-state index is -1.91. The third kappa shape index (κ3) is 3.70. The lowest BCUT2D eigenvalue weighted by atomic mass is 9.99. The van der Waals surface area contributed by atoms with Crippen molar-refractivity contribution in [3.8, 4) is 45.8 Å². The maximum absolute atomic E-state index is 13.3. The van der Waals surface area contributed by atoms with Crippen LogP contribution in [0.25, 0.3) is 22.3 Å². The average Bonchev–Trinajstić information content (AvgIpc) is 2.80. The fourth-order valence-electron chi connectivity index (χ4n) is 3.55. The predicted molar refractivity (Wildman–Crippen MR) is 111 cm³/mol. The van der Waals surface area contributed by atoms with E-state index in [9.17, 15) is 50.8 Å². The van der Waals surface area contributed by atoms with Crippen molar-refractivity contribution in [3.05, 3.63) is 34.5 Å². The molecule has 34 heavy (non-hydrogen) atoms. The number of fused-ring (bicyclic) bond motifs is 1. The summed E-state index contributed by atoms with van der Waals surface area (Å²) < 4.78 is 16.3. The molecule has 2 aromatic carbocycles. The van der Waals surface area contributed by atoms with Crippen LogP contribution in [-0.4, -0.2) is 83.3 Å². The highest BCUT2D eigenvalue weighted by atomic mass is 16.7. The van der Waals surface area contributed by atoms with E-state index in [0.717, 1.165) is 12.1 Å². The van der Waals surface area contributed by atoms with Crippen molar-refractivity contribution < 1.29 is 59.8 Å². The monoisotopic (exact) mass is 480 g/mol. The van der Waals surface area contributed by atoms with Gasteiger partial charge in [0, 0.05) is 11.6 Å². The van der Waals surface area contributed by atoms with Gasteiger partial charge >= 0.3 is 0 Å². The first kappa shape index (κ1) is 23.4. The fourth-order valence-corrected chi connectivity index (χ4v) is 3.55. The number of ether oxygens (including phenoxy) is 2. The molecule has 13 heteroatoms. The maximum atomic E-state index is 13.3. The van der Waals surface area contributed by atoms with Crippen molar-refractivity contribution in [1.82, 2.24) is 0 Å². The number of phenols is 5. The van der Waals surface area contributed by atoms with Crippen LogP contribution in [0.2, 0.25) is 0 Å². The van der Waals surface area contributed by atoms with Crippen LogP contribution in [0.15, 0.2) is 33.5 Å². The van der Waals surface area contributed by atoms with E-state index >= 15 is 0 Å². The number of hydrogen-bond acceptors (Lipinski definition) is 13. The second-order valence-electron chi connectivity index (χ2n) is 7.58. The van der Waals surface area contributed by atoms with Crippen molar-refractivity contribution in [1.29, 1.82) is 0 Å². The zero-order chi connectivity index (χ0) is 24.9. The number of hydrogen-bond donors (Lipinski definition) is 9. The van der Waals surface area contributed by atoms with E-state index < -0.39 is 94.0 Å². The Morgan fingerprint density at radius 3 is 2.21 bits per heavy atom. The van der Waals surface area contributed by atoms with Gasteiger partial charge in [0.15, 0.2) is 28.6 Å². The first-order valence-corrected chi connectivity index (χ1v) is 9.79. The molecule has 0 bridgehead atoms. The maximum Gasteiger partial charge on any atom is 0.239 e. The van der Waals surface area contributed by atoms with Gasteiger partial charge < -0.3 is 59.8 Å². The highest BCUT2D eigenvalue weighted by molar-refractivity contribution is 5.93. The van der Waals surface area contributed by atoms with Crippen LogP contribution in [0.1, 0.15) is 0 Å². The van der Waals surface area contributed by atoms with Gasteiger partial charge in [0.2, 0.25) is 23.2 Å².